The summed E-state index contributed by atoms with van der Waals surface area (Å²) in [6.07, 6.45) is -4.03. The van der Waals surface area contributed by atoms with Crippen LogP contribution in [-0.2, 0) is 19.3 Å². The number of halogens is 6. The molecular weight excluding hydrogens is 471 g/mol. The molecule has 0 bridgehead atoms. The van der Waals surface area contributed by atoms with Crippen LogP contribution in [0.3, 0.4) is 0 Å². The molecule has 0 amide bonds. The van der Waals surface area contributed by atoms with E-state index in [9.17, 15) is 26.7 Å². The molecule has 3 aromatic rings. The summed E-state index contributed by atoms with van der Waals surface area (Å²) in [5, 5.41) is -0.575. The highest BCUT2D eigenvalue weighted by atomic mass is 35.5. The Balaban J connectivity index is 1.78. The zero-order valence-corrected chi connectivity index (χ0v) is 18.2. The number of alkyl halides is 3. The first-order valence-corrected chi connectivity index (χ1v) is 10.1. The maximum absolute atomic E-state index is 14.5. The number of hydrogen-bond donors (Lipinski definition) is 0. The molecule has 5 nitrogen and oxygen atoms in total. The van der Waals surface area contributed by atoms with Gasteiger partial charge in [0, 0.05) is 18.3 Å². The van der Waals surface area contributed by atoms with Crippen molar-refractivity contribution in [3.05, 3.63) is 80.4 Å². The predicted octanol–water partition coefficient (Wildman–Crippen LogP) is 6.28. The summed E-state index contributed by atoms with van der Waals surface area (Å²) in [5.41, 5.74) is -1.03. The van der Waals surface area contributed by atoms with Crippen LogP contribution in [0.4, 0.5) is 22.0 Å². The highest BCUT2D eigenvalue weighted by Crippen LogP contribution is 2.38. The van der Waals surface area contributed by atoms with Crippen LogP contribution in [0, 0.1) is 18.6 Å². The van der Waals surface area contributed by atoms with E-state index in [2.05, 4.69) is 4.98 Å². The van der Waals surface area contributed by atoms with Gasteiger partial charge in [-0.05, 0) is 49.2 Å². The Kier molecular flexibility index (Phi) is 7.26. The second-order valence-electron chi connectivity index (χ2n) is 7.09. The molecule has 0 atom stereocenters. The third-order valence-electron chi connectivity index (χ3n) is 4.55. The Bertz CT molecular complexity index is 1200. The van der Waals surface area contributed by atoms with Gasteiger partial charge >= 0.3 is 11.9 Å². The van der Waals surface area contributed by atoms with Gasteiger partial charge < -0.3 is 9.47 Å². The lowest BCUT2D eigenvalue weighted by atomic mass is 10.2. The lowest BCUT2D eigenvalue weighted by Gasteiger charge is -2.14. The summed E-state index contributed by atoms with van der Waals surface area (Å²) in [6, 6.07) is 5.87. The molecular formula is C22H18ClF5N2O3. The van der Waals surface area contributed by atoms with E-state index in [1.807, 2.05) is 6.92 Å². The van der Waals surface area contributed by atoms with Crippen molar-refractivity contribution in [2.45, 2.75) is 39.6 Å². The summed E-state index contributed by atoms with van der Waals surface area (Å²) < 4.78 is 79.8. The van der Waals surface area contributed by atoms with E-state index < -0.39 is 45.6 Å². The largest absolute Gasteiger partial charge is 0.473 e. The highest BCUT2D eigenvalue weighted by Gasteiger charge is 2.33. The van der Waals surface area contributed by atoms with E-state index >= 15 is 0 Å². The van der Waals surface area contributed by atoms with Crippen LogP contribution in [0.25, 0.3) is 0 Å². The minimum Gasteiger partial charge on any atom is -0.473 e. The van der Waals surface area contributed by atoms with Gasteiger partial charge in [0.05, 0.1) is 10.6 Å². The van der Waals surface area contributed by atoms with Gasteiger partial charge in [0.2, 0.25) is 5.88 Å². The fourth-order valence-electron chi connectivity index (χ4n) is 3.02. The maximum Gasteiger partial charge on any atom is 0.417 e. The molecule has 3 rings (SSSR count). The minimum absolute atomic E-state index is 0.00756. The lowest BCUT2D eigenvalue weighted by Crippen LogP contribution is -2.25. The summed E-state index contributed by atoms with van der Waals surface area (Å²) in [6.45, 7) is 3.80. The first-order valence-electron chi connectivity index (χ1n) is 9.73. The predicted molar refractivity (Wildman–Crippen MR) is 111 cm³/mol. The van der Waals surface area contributed by atoms with Gasteiger partial charge in [0.1, 0.15) is 12.4 Å². The SMILES string of the molecule is CCCn1c(C)cc(OCc2cc(F)c(Oc3ccc(Cl)c(C(F)(F)F)c3)c(F)c2)nc1=O. The number of hydrogen-bond acceptors (Lipinski definition) is 4. The Morgan fingerprint density at radius 2 is 1.76 bits per heavy atom. The van der Waals surface area contributed by atoms with Crippen molar-refractivity contribution in [3.8, 4) is 17.4 Å². The smallest absolute Gasteiger partial charge is 0.417 e. The van der Waals surface area contributed by atoms with Crippen LogP contribution in [0.1, 0.15) is 30.2 Å². The van der Waals surface area contributed by atoms with Crippen LogP contribution in [0.15, 0.2) is 41.2 Å². The molecule has 0 unspecified atom stereocenters. The monoisotopic (exact) mass is 488 g/mol. The molecule has 0 aliphatic carbocycles. The van der Waals surface area contributed by atoms with E-state index in [0.29, 0.717) is 18.3 Å². The van der Waals surface area contributed by atoms with Crippen molar-refractivity contribution >= 4 is 11.6 Å². The standard InChI is InChI=1S/C22H18ClF5N2O3/c1-3-6-30-12(2)7-19(29-21(30)31)32-11-13-8-17(24)20(18(25)9-13)33-14-4-5-16(23)15(10-14)22(26,27)28/h4-5,7-10H,3,6,11H2,1-2H3. The number of nitrogens with zero attached hydrogens (tertiary/aromatic N) is 2. The van der Waals surface area contributed by atoms with Crippen LogP contribution in [-0.4, -0.2) is 9.55 Å². The number of rotatable bonds is 7. The van der Waals surface area contributed by atoms with Gasteiger partial charge in [0.25, 0.3) is 0 Å². The Labute approximate surface area is 190 Å². The molecule has 0 saturated heterocycles. The van der Waals surface area contributed by atoms with Gasteiger partial charge in [-0.15, -0.1) is 0 Å². The van der Waals surface area contributed by atoms with E-state index in [1.165, 1.54) is 10.6 Å². The minimum atomic E-state index is -4.77. The molecule has 0 N–H and O–H groups in total. The molecule has 0 aliphatic heterocycles. The second kappa shape index (κ2) is 9.78. The summed E-state index contributed by atoms with van der Waals surface area (Å²) in [4.78, 5) is 15.8. The Morgan fingerprint density at radius 1 is 1.09 bits per heavy atom. The van der Waals surface area contributed by atoms with Crippen LogP contribution in [0.5, 0.6) is 17.4 Å². The molecule has 0 saturated carbocycles. The van der Waals surface area contributed by atoms with Crippen LogP contribution in [0.2, 0.25) is 5.02 Å². The second-order valence-corrected chi connectivity index (χ2v) is 7.50. The maximum atomic E-state index is 14.5. The van der Waals surface area contributed by atoms with Crippen molar-refractivity contribution in [3.63, 3.8) is 0 Å². The topological polar surface area (TPSA) is 53.4 Å². The van der Waals surface area contributed by atoms with Crippen molar-refractivity contribution in [1.29, 1.82) is 0 Å². The van der Waals surface area contributed by atoms with Gasteiger partial charge in [-0.2, -0.15) is 18.2 Å². The van der Waals surface area contributed by atoms with Gasteiger partial charge in [0.15, 0.2) is 17.4 Å². The average molecular weight is 489 g/mol. The van der Waals surface area contributed by atoms with Crippen molar-refractivity contribution < 1.29 is 31.4 Å². The Morgan fingerprint density at radius 3 is 2.33 bits per heavy atom. The molecule has 33 heavy (non-hydrogen) atoms. The average Bonchev–Trinajstić information content (AvgIpc) is 2.72. The molecule has 0 radical (unpaired) electrons. The molecule has 0 fully saturated rings. The Hall–Kier alpha value is -3.14. The zero-order valence-electron chi connectivity index (χ0n) is 17.5. The normalized spacial score (nSPS) is 11.5. The van der Waals surface area contributed by atoms with E-state index in [1.54, 1.807) is 6.92 Å². The summed E-state index contributed by atoms with van der Waals surface area (Å²) >= 11 is 5.53. The molecule has 0 aliphatic rings. The molecule has 11 heteroatoms. The molecule has 1 heterocycles. The number of ether oxygens (including phenoxy) is 2. The van der Waals surface area contributed by atoms with Crippen molar-refractivity contribution in [2.24, 2.45) is 0 Å². The van der Waals surface area contributed by atoms with Gasteiger partial charge in [-0.3, -0.25) is 4.57 Å². The first-order chi connectivity index (χ1) is 15.5. The van der Waals surface area contributed by atoms with Crippen LogP contribution < -0.4 is 15.2 Å². The first kappa shape index (κ1) is 24.5. The third-order valence-corrected chi connectivity index (χ3v) is 4.88. The van der Waals surface area contributed by atoms with E-state index in [-0.39, 0.29) is 18.1 Å². The number of aryl methyl sites for hydroxylation is 1. The fraction of sp³-hybridized carbons (Fsp3) is 0.273. The van der Waals surface area contributed by atoms with Crippen LogP contribution >= 0.6 is 11.6 Å². The lowest BCUT2D eigenvalue weighted by molar-refractivity contribution is -0.137. The number of aromatic nitrogens is 2. The number of benzene rings is 2. The van der Waals surface area contributed by atoms with Gasteiger partial charge in [-0.25, -0.2) is 13.6 Å². The van der Waals surface area contributed by atoms with E-state index in [0.717, 1.165) is 30.7 Å². The zero-order chi connectivity index (χ0) is 24.3. The molecule has 1 aromatic heterocycles. The quantitative estimate of drug-likeness (QED) is 0.367. The third kappa shape index (κ3) is 5.81. The summed E-state index contributed by atoms with van der Waals surface area (Å²) in [7, 11) is 0. The summed E-state index contributed by atoms with van der Waals surface area (Å²) in [5.74, 6) is -3.64. The molecule has 176 valence electrons. The van der Waals surface area contributed by atoms with Crippen molar-refractivity contribution in [2.75, 3.05) is 0 Å². The van der Waals surface area contributed by atoms with Gasteiger partial charge in [-0.1, -0.05) is 18.5 Å². The fourth-order valence-corrected chi connectivity index (χ4v) is 3.24. The van der Waals surface area contributed by atoms with E-state index in [4.69, 9.17) is 21.1 Å². The molecule has 0 spiro atoms. The highest BCUT2D eigenvalue weighted by molar-refractivity contribution is 6.31. The molecule has 2 aromatic carbocycles. The van der Waals surface area contributed by atoms with Crippen molar-refractivity contribution in [1.82, 2.24) is 9.55 Å².